The van der Waals surface area contributed by atoms with E-state index in [4.69, 9.17) is 9.47 Å². The molecule has 2 N–H and O–H groups in total. The summed E-state index contributed by atoms with van der Waals surface area (Å²) in [5, 5.41) is 13.1. The van der Waals surface area contributed by atoms with Gasteiger partial charge in [-0.25, -0.2) is 0 Å². The largest absolute Gasteiger partial charge is 0.494 e. The molecule has 0 radical (unpaired) electrons. The van der Waals surface area contributed by atoms with E-state index in [1.165, 1.54) is 0 Å². The molecule has 0 amide bonds. The van der Waals surface area contributed by atoms with Crippen LogP contribution in [0.5, 0.6) is 11.5 Å². The van der Waals surface area contributed by atoms with Crippen molar-refractivity contribution in [1.82, 2.24) is 10.2 Å². The monoisotopic (exact) mass is 322 g/mol. The summed E-state index contributed by atoms with van der Waals surface area (Å²) in [7, 11) is 0. The second-order valence-electron chi connectivity index (χ2n) is 5.60. The summed E-state index contributed by atoms with van der Waals surface area (Å²) in [5.41, 5.74) is 0.677. The average molecular weight is 322 g/mol. The molecule has 1 aliphatic heterocycles. The van der Waals surface area contributed by atoms with Crippen LogP contribution in [0.4, 0.5) is 0 Å². The number of piperazine rings is 1. The molecule has 1 aromatic carbocycles. The van der Waals surface area contributed by atoms with Gasteiger partial charge in [0.2, 0.25) is 0 Å². The van der Waals surface area contributed by atoms with Crippen molar-refractivity contribution in [1.29, 1.82) is 0 Å². The van der Waals surface area contributed by atoms with E-state index in [2.05, 4.69) is 5.32 Å². The second-order valence-corrected chi connectivity index (χ2v) is 5.60. The highest BCUT2D eigenvalue weighted by Gasteiger charge is 2.34. The first-order chi connectivity index (χ1) is 11.1. The summed E-state index contributed by atoms with van der Waals surface area (Å²) < 4.78 is 11.2. The van der Waals surface area contributed by atoms with Gasteiger partial charge in [0.05, 0.1) is 13.2 Å². The Morgan fingerprint density at radius 1 is 1.39 bits per heavy atom. The topological polar surface area (TPSA) is 71.0 Å². The average Bonchev–Trinajstić information content (AvgIpc) is 2.52. The number of aliphatic carboxylic acids is 1. The normalized spacial score (nSPS) is 20.0. The summed E-state index contributed by atoms with van der Waals surface area (Å²) in [5.74, 6) is 0.414. The van der Waals surface area contributed by atoms with Gasteiger partial charge in [-0.15, -0.1) is 0 Å². The minimum atomic E-state index is -0.858. The number of hydrogen-bond donors (Lipinski definition) is 2. The number of carbonyl (C=O) groups is 1. The van der Waals surface area contributed by atoms with Crippen LogP contribution in [0.25, 0.3) is 0 Å². The van der Waals surface area contributed by atoms with Crippen molar-refractivity contribution < 1.29 is 19.4 Å². The summed E-state index contributed by atoms with van der Waals surface area (Å²) in [6.07, 6.45) is 0. The van der Waals surface area contributed by atoms with Gasteiger partial charge < -0.3 is 19.9 Å². The first kappa shape index (κ1) is 17.6. The Labute approximate surface area is 137 Å². The summed E-state index contributed by atoms with van der Waals surface area (Å²) in [4.78, 5) is 14.0. The highest BCUT2D eigenvalue weighted by atomic mass is 16.5. The van der Waals surface area contributed by atoms with Crippen LogP contribution < -0.4 is 14.8 Å². The van der Waals surface area contributed by atoms with Crippen molar-refractivity contribution in [2.75, 3.05) is 32.8 Å². The molecule has 0 aliphatic carbocycles. The standard InChI is InChI=1S/C17H26N2O4/c1-4-22-13-6-7-14(15(10-13)23-5-2)16(17(20)21)19-9-8-18-11-12(19)3/h6-7,10,12,16,18H,4-5,8-9,11H2,1-3H3,(H,20,21). The number of ether oxygens (including phenoxy) is 2. The number of benzene rings is 1. The van der Waals surface area contributed by atoms with Crippen LogP contribution in [0.1, 0.15) is 32.4 Å². The molecule has 1 aliphatic rings. The van der Waals surface area contributed by atoms with Crippen LogP contribution in [0.3, 0.4) is 0 Å². The molecule has 1 fully saturated rings. The Hall–Kier alpha value is -1.79. The van der Waals surface area contributed by atoms with Crippen LogP contribution in [-0.2, 0) is 4.79 Å². The van der Waals surface area contributed by atoms with Crippen molar-refractivity contribution in [3.8, 4) is 11.5 Å². The lowest BCUT2D eigenvalue weighted by molar-refractivity contribution is -0.145. The molecule has 23 heavy (non-hydrogen) atoms. The summed E-state index contributed by atoms with van der Waals surface area (Å²) in [6, 6.07) is 4.83. The molecule has 6 nitrogen and oxygen atoms in total. The third-order valence-electron chi connectivity index (χ3n) is 4.01. The van der Waals surface area contributed by atoms with Crippen molar-refractivity contribution in [3.63, 3.8) is 0 Å². The minimum absolute atomic E-state index is 0.144. The Bertz CT molecular complexity index is 535. The first-order valence-corrected chi connectivity index (χ1v) is 8.17. The molecular formula is C17H26N2O4. The smallest absolute Gasteiger partial charge is 0.325 e. The van der Waals surface area contributed by atoms with Crippen molar-refractivity contribution in [2.45, 2.75) is 32.9 Å². The molecule has 1 heterocycles. The van der Waals surface area contributed by atoms with E-state index in [1.54, 1.807) is 6.07 Å². The molecule has 2 unspecified atom stereocenters. The lowest BCUT2D eigenvalue weighted by Crippen LogP contribution is -2.52. The van der Waals surface area contributed by atoms with Crippen molar-refractivity contribution >= 4 is 5.97 Å². The maximum Gasteiger partial charge on any atom is 0.325 e. The summed E-state index contributed by atoms with van der Waals surface area (Å²) >= 11 is 0. The Balaban J connectivity index is 2.39. The molecule has 2 rings (SSSR count). The number of rotatable bonds is 7. The van der Waals surface area contributed by atoms with Crippen molar-refractivity contribution in [3.05, 3.63) is 23.8 Å². The van der Waals surface area contributed by atoms with Crippen LogP contribution in [0, 0.1) is 0 Å². The fourth-order valence-corrected chi connectivity index (χ4v) is 2.97. The highest BCUT2D eigenvalue weighted by Crippen LogP contribution is 2.34. The van der Waals surface area contributed by atoms with E-state index in [0.717, 1.165) is 13.1 Å². The van der Waals surface area contributed by atoms with E-state index in [9.17, 15) is 9.90 Å². The zero-order valence-corrected chi connectivity index (χ0v) is 14.0. The Kier molecular flexibility index (Phi) is 6.24. The van der Waals surface area contributed by atoms with E-state index < -0.39 is 12.0 Å². The van der Waals surface area contributed by atoms with Crippen LogP contribution in [-0.4, -0.2) is 54.9 Å². The fourth-order valence-electron chi connectivity index (χ4n) is 2.97. The Morgan fingerprint density at radius 3 is 2.74 bits per heavy atom. The van der Waals surface area contributed by atoms with Gasteiger partial charge in [0, 0.05) is 37.3 Å². The number of hydrogen-bond acceptors (Lipinski definition) is 5. The zero-order chi connectivity index (χ0) is 16.8. The van der Waals surface area contributed by atoms with Crippen LogP contribution >= 0.6 is 0 Å². The molecular weight excluding hydrogens is 296 g/mol. The molecule has 2 atom stereocenters. The predicted molar refractivity (Wildman–Crippen MR) is 88.2 cm³/mol. The molecule has 0 spiro atoms. The van der Waals surface area contributed by atoms with E-state index in [0.29, 0.717) is 36.8 Å². The van der Waals surface area contributed by atoms with Crippen molar-refractivity contribution in [2.24, 2.45) is 0 Å². The molecule has 1 aromatic rings. The van der Waals surface area contributed by atoms with E-state index in [-0.39, 0.29) is 6.04 Å². The molecule has 0 saturated carbocycles. The van der Waals surface area contributed by atoms with Gasteiger partial charge in [-0.2, -0.15) is 0 Å². The molecule has 6 heteroatoms. The van der Waals surface area contributed by atoms with Crippen LogP contribution in [0.2, 0.25) is 0 Å². The number of nitrogens with zero attached hydrogens (tertiary/aromatic N) is 1. The Morgan fingerprint density at radius 2 is 2.13 bits per heavy atom. The third kappa shape index (κ3) is 4.14. The molecule has 1 saturated heterocycles. The third-order valence-corrected chi connectivity index (χ3v) is 4.01. The van der Waals surface area contributed by atoms with Crippen LogP contribution in [0.15, 0.2) is 18.2 Å². The van der Waals surface area contributed by atoms with E-state index >= 15 is 0 Å². The molecule has 0 aromatic heterocycles. The second kappa shape index (κ2) is 8.17. The number of nitrogens with one attached hydrogen (secondary N) is 1. The van der Waals surface area contributed by atoms with Gasteiger partial charge in [0.25, 0.3) is 0 Å². The predicted octanol–water partition coefficient (Wildman–Crippen LogP) is 1.90. The maximum atomic E-state index is 12.0. The zero-order valence-electron chi connectivity index (χ0n) is 14.0. The van der Waals surface area contributed by atoms with Gasteiger partial charge in [-0.1, -0.05) is 0 Å². The van der Waals surface area contributed by atoms with Gasteiger partial charge in [0.1, 0.15) is 17.5 Å². The number of carboxylic acid groups (broad SMARTS) is 1. The molecule has 128 valence electrons. The number of carboxylic acids is 1. The van der Waals surface area contributed by atoms with Gasteiger partial charge >= 0.3 is 5.97 Å². The van der Waals surface area contributed by atoms with Gasteiger partial charge in [0.15, 0.2) is 0 Å². The fraction of sp³-hybridized carbons (Fsp3) is 0.588. The van der Waals surface area contributed by atoms with Gasteiger partial charge in [-0.05, 0) is 32.9 Å². The lowest BCUT2D eigenvalue weighted by Gasteiger charge is -2.38. The summed E-state index contributed by atoms with van der Waals surface area (Å²) in [6.45, 7) is 9.14. The first-order valence-electron chi connectivity index (χ1n) is 8.17. The minimum Gasteiger partial charge on any atom is -0.494 e. The highest BCUT2D eigenvalue weighted by molar-refractivity contribution is 5.77. The SMILES string of the molecule is CCOc1ccc(C(C(=O)O)N2CCNCC2C)c(OCC)c1. The lowest BCUT2D eigenvalue weighted by atomic mass is 10.0. The van der Waals surface area contributed by atoms with E-state index in [1.807, 2.05) is 37.8 Å². The quantitative estimate of drug-likeness (QED) is 0.799. The molecule has 0 bridgehead atoms. The van der Waals surface area contributed by atoms with Gasteiger partial charge in [-0.3, -0.25) is 9.69 Å². The maximum absolute atomic E-state index is 12.0.